The minimum atomic E-state index is -4.23. The van der Waals surface area contributed by atoms with Crippen LogP contribution in [0.3, 0.4) is 0 Å². The quantitative estimate of drug-likeness (QED) is 0.552. The minimum absolute atomic E-state index is 0.109. The van der Waals surface area contributed by atoms with Gasteiger partial charge in [-0.05, 0) is 25.0 Å². The van der Waals surface area contributed by atoms with Gasteiger partial charge in [0.2, 0.25) is 0 Å². The monoisotopic (exact) mass is 369 g/mol. The van der Waals surface area contributed by atoms with Crippen molar-refractivity contribution < 1.29 is 18.0 Å². The third kappa shape index (κ3) is 2.69. The molecule has 2 nitrogen and oxygen atoms in total. The number of thiophene rings is 2. The molecule has 1 aliphatic rings. The molecule has 0 radical (unpaired) electrons. The molecule has 1 fully saturated rings. The molecule has 0 spiro atoms. The lowest BCUT2D eigenvalue weighted by Crippen LogP contribution is -2.44. The van der Waals surface area contributed by atoms with E-state index in [2.05, 4.69) is 0 Å². The van der Waals surface area contributed by atoms with E-state index in [0.29, 0.717) is 17.8 Å². The van der Waals surface area contributed by atoms with E-state index >= 15 is 0 Å². The van der Waals surface area contributed by atoms with Gasteiger partial charge in [0, 0.05) is 27.9 Å². The molecule has 1 aliphatic heterocycles. The summed E-state index contributed by atoms with van der Waals surface area (Å²) < 4.78 is 42.0. The number of hydrogen-bond donors (Lipinski definition) is 0. The van der Waals surface area contributed by atoms with Crippen molar-refractivity contribution in [3.8, 4) is 0 Å². The average Bonchev–Trinajstić information content (AvgIpc) is 3.11. The van der Waals surface area contributed by atoms with E-state index in [-0.39, 0.29) is 18.9 Å². The second-order valence-electron chi connectivity index (χ2n) is 6.03. The number of amides is 1. The van der Waals surface area contributed by atoms with Gasteiger partial charge in [0.15, 0.2) is 0 Å². The van der Waals surface area contributed by atoms with Crippen LogP contribution in [0, 0.1) is 5.92 Å². The number of likely N-dealkylation sites (tertiary alicyclic amines) is 1. The van der Waals surface area contributed by atoms with Crippen molar-refractivity contribution >= 4 is 48.1 Å². The molecule has 3 heterocycles. The summed E-state index contributed by atoms with van der Waals surface area (Å²) in [5, 5.41) is 1.10. The summed E-state index contributed by atoms with van der Waals surface area (Å²) >= 11 is 2.99. The third-order valence-electron chi connectivity index (χ3n) is 4.43. The van der Waals surface area contributed by atoms with Crippen molar-refractivity contribution in [1.29, 1.82) is 0 Å². The van der Waals surface area contributed by atoms with Gasteiger partial charge in [-0.2, -0.15) is 13.2 Å². The van der Waals surface area contributed by atoms with Crippen molar-refractivity contribution in [1.82, 2.24) is 4.90 Å². The maximum atomic E-state index is 12.9. The van der Waals surface area contributed by atoms with Crippen LogP contribution in [0.1, 0.15) is 22.5 Å². The van der Waals surface area contributed by atoms with E-state index in [1.807, 2.05) is 30.3 Å². The highest BCUT2D eigenvalue weighted by atomic mass is 32.1. The Morgan fingerprint density at radius 2 is 1.96 bits per heavy atom. The van der Waals surface area contributed by atoms with Crippen LogP contribution in [0.25, 0.3) is 19.5 Å². The Hall–Kier alpha value is -1.60. The van der Waals surface area contributed by atoms with Gasteiger partial charge in [0.25, 0.3) is 5.91 Å². The summed E-state index contributed by atoms with van der Waals surface area (Å²) in [6.07, 6.45) is -3.72. The number of halogens is 3. The van der Waals surface area contributed by atoms with E-state index in [0.717, 1.165) is 19.5 Å². The molecule has 0 bridgehead atoms. The maximum Gasteiger partial charge on any atom is 0.393 e. The molecule has 2 aromatic heterocycles. The molecule has 4 rings (SSSR count). The van der Waals surface area contributed by atoms with Gasteiger partial charge in [0.1, 0.15) is 0 Å². The second kappa shape index (κ2) is 5.74. The Bertz CT molecular complexity index is 911. The topological polar surface area (TPSA) is 20.3 Å². The van der Waals surface area contributed by atoms with Crippen LogP contribution in [0.4, 0.5) is 13.2 Å². The Balaban J connectivity index is 1.63. The van der Waals surface area contributed by atoms with E-state index in [1.54, 1.807) is 11.3 Å². The predicted octanol–water partition coefficient (Wildman–Crippen LogP) is 5.53. The molecule has 0 N–H and O–H groups in total. The first-order valence-electron chi connectivity index (χ1n) is 7.70. The number of piperidine rings is 1. The number of hydrogen-bond acceptors (Lipinski definition) is 3. The normalized spacial score (nSPS) is 19.3. The van der Waals surface area contributed by atoms with Crippen LogP contribution < -0.4 is 0 Å². The Morgan fingerprint density at radius 3 is 2.75 bits per heavy atom. The molecular formula is C17H14F3NOS2. The summed E-state index contributed by atoms with van der Waals surface area (Å²) in [5.41, 5.74) is 0. The molecule has 24 heavy (non-hydrogen) atoms. The fourth-order valence-electron chi connectivity index (χ4n) is 3.19. The molecule has 1 saturated heterocycles. The summed E-state index contributed by atoms with van der Waals surface area (Å²) in [6, 6.07) is 9.80. The molecule has 1 amide bonds. The Labute approximate surface area is 144 Å². The fourth-order valence-corrected chi connectivity index (χ4v) is 5.68. The zero-order valence-electron chi connectivity index (χ0n) is 12.6. The van der Waals surface area contributed by atoms with E-state index in [1.165, 1.54) is 16.2 Å². The molecule has 3 aromatic rings. The van der Waals surface area contributed by atoms with Gasteiger partial charge in [0.05, 0.1) is 15.5 Å². The Kier molecular flexibility index (Phi) is 3.80. The van der Waals surface area contributed by atoms with Crippen molar-refractivity contribution in [3.63, 3.8) is 0 Å². The van der Waals surface area contributed by atoms with Crippen LogP contribution in [0.15, 0.2) is 30.3 Å². The first-order valence-corrected chi connectivity index (χ1v) is 9.34. The molecule has 0 unspecified atom stereocenters. The number of alkyl halides is 3. The highest BCUT2D eigenvalue weighted by Crippen LogP contribution is 2.40. The van der Waals surface area contributed by atoms with Gasteiger partial charge in [-0.25, -0.2) is 0 Å². The summed E-state index contributed by atoms with van der Waals surface area (Å²) in [6.45, 7) is 0.173. The summed E-state index contributed by atoms with van der Waals surface area (Å²) in [7, 11) is 0. The minimum Gasteiger partial charge on any atom is -0.337 e. The largest absolute Gasteiger partial charge is 0.393 e. The van der Waals surface area contributed by atoms with Crippen molar-refractivity contribution in [3.05, 3.63) is 35.2 Å². The van der Waals surface area contributed by atoms with Gasteiger partial charge in [-0.15, -0.1) is 22.7 Å². The summed E-state index contributed by atoms with van der Waals surface area (Å²) in [5.74, 6) is -1.68. The SMILES string of the molecule is O=C(c1cc2sc3ccccc3c2s1)N1CCC[C@H](C(F)(F)F)C1. The predicted molar refractivity (Wildman–Crippen MR) is 91.9 cm³/mol. The number of rotatable bonds is 1. The highest BCUT2D eigenvalue weighted by Gasteiger charge is 2.42. The molecule has 126 valence electrons. The lowest BCUT2D eigenvalue weighted by Gasteiger charge is -2.33. The van der Waals surface area contributed by atoms with Gasteiger partial charge in [-0.3, -0.25) is 4.79 Å². The number of fused-ring (bicyclic) bond motifs is 3. The second-order valence-corrected chi connectivity index (χ2v) is 8.17. The number of nitrogens with zero attached hydrogens (tertiary/aromatic N) is 1. The molecular weight excluding hydrogens is 355 g/mol. The van der Waals surface area contributed by atoms with Crippen molar-refractivity contribution in [2.24, 2.45) is 5.92 Å². The molecule has 0 saturated carbocycles. The standard InChI is InChI=1S/C17H14F3NOS2/c18-17(19,20)10-4-3-7-21(9-10)16(22)14-8-13-15(24-14)11-5-1-2-6-12(11)23-13/h1-2,5-6,8,10H,3-4,7,9H2/t10-/m0/s1. The molecule has 1 aromatic carbocycles. The van der Waals surface area contributed by atoms with Gasteiger partial charge >= 0.3 is 6.18 Å². The molecule has 7 heteroatoms. The summed E-state index contributed by atoms with van der Waals surface area (Å²) in [4.78, 5) is 14.5. The van der Waals surface area contributed by atoms with Crippen molar-refractivity contribution in [2.75, 3.05) is 13.1 Å². The maximum absolute atomic E-state index is 12.9. The zero-order valence-corrected chi connectivity index (χ0v) is 14.2. The first kappa shape index (κ1) is 15.9. The highest BCUT2D eigenvalue weighted by molar-refractivity contribution is 7.33. The average molecular weight is 369 g/mol. The van der Waals surface area contributed by atoms with Crippen LogP contribution in [-0.4, -0.2) is 30.1 Å². The van der Waals surface area contributed by atoms with Crippen LogP contribution in [-0.2, 0) is 0 Å². The van der Waals surface area contributed by atoms with Gasteiger partial charge < -0.3 is 4.90 Å². The fraction of sp³-hybridized carbons (Fsp3) is 0.353. The number of benzene rings is 1. The van der Waals surface area contributed by atoms with Crippen molar-refractivity contribution in [2.45, 2.75) is 19.0 Å². The van der Waals surface area contributed by atoms with Crippen LogP contribution in [0.2, 0.25) is 0 Å². The van der Waals surface area contributed by atoms with Gasteiger partial charge in [-0.1, -0.05) is 18.2 Å². The molecule has 0 aliphatic carbocycles. The lowest BCUT2D eigenvalue weighted by atomic mass is 9.97. The van der Waals surface area contributed by atoms with E-state index in [9.17, 15) is 18.0 Å². The lowest BCUT2D eigenvalue weighted by molar-refractivity contribution is -0.184. The van der Waals surface area contributed by atoms with E-state index in [4.69, 9.17) is 0 Å². The van der Waals surface area contributed by atoms with Crippen LogP contribution >= 0.6 is 22.7 Å². The Morgan fingerprint density at radius 1 is 1.17 bits per heavy atom. The smallest absolute Gasteiger partial charge is 0.337 e. The third-order valence-corrected chi connectivity index (χ3v) is 6.84. The number of carbonyl (C=O) groups is 1. The number of carbonyl (C=O) groups excluding carboxylic acids is 1. The first-order chi connectivity index (χ1) is 11.4. The van der Waals surface area contributed by atoms with E-state index < -0.39 is 12.1 Å². The zero-order chi connectivity index (χ0) is 16.9. The molecule has 1 atom stereocenters. The van der Waals surface area contributed by atoms with Crippen LogP contribution in [0.5, 0.6) is 0 Å².